The Morgan fingerprint density at radius 1 is 1.50 bits per heavy atom. The lowest BCUT2D eigenvalue weighted by Gasteiger charge is -2.06. The zero-order valence-corrected chi connectivity index (χ0v) is 11.6. The number of ether oxygens (including phenoxy) is 1. The van der Waals surface area contributed by atoms with Crippen molar-refractivity contribution in [2.24, 2.45) is 0 Å². The quantitative estimate of drug-likeness (QED) is 0.507. The number of aryl methyl sites for hydroxylation is 1. The number of rotatable bonds is 5. The molecule has 0 aliphatic heterocycles. The van der Waals surface area contributed by atoms with Gasteiger partial charge in [-0.25, -0.2) is 0 Å². The summed E-state index contributed by atoms with van der Waals surface area (Å²) in [7, 11) is 0. The molecule has 2 aromatic rings. The number of nitrogens with zero attached hydrogens (tertiary/aromatic N) is 1. The van der Waals surface area contributed by atoms with Crippen LogP contribution in [0.4, 0.5) is 0 Å². The molecule has 0 saturated heterocycles. The minimum absolute atomic E-state index is 0.606. The van der Waals surface area contributed by atoms with Crippen molar-refractivity contribution >= 4 is 23.3 Å². The van der Waals surface area contributed by atoms with Crippen molar-refractivity contribution in [1.29, 1.82) is 0 Å². The van der Waals surface area contributed by atoms with E-state index in [-0.39, 0.29) is 0 Å². The summed E-state index contributed by atoms with van der Waals surface area (Å²) in [5.74, 6) is 0. The van der Waals surface area contributed by atoms with E-state index in [0.29, 0.717) is 13.2 Å². The Hall–Kier alpha value is -1.39. The predicted octanol–water partition coefficient (Wildman–Crippen LogP) is 3.60. The van der Waals surface area contributed by atoms with E-state index >= 15 is 0 Å². The summed E-state index contributed by atoms with van der Waals surface area (Å²) < 4.78 is 8.35. The van der Waals surface area contributed by atoms with Crippen LogP contribution in [-0.2, 0) is 11.3 Å². The number of nitrogens with one attached hydrogen (secondary N) is 1. The predicted molar refractivity (Wildman–Crippen MR) is 77.5 cm³/mol. The van der Waals surface area contributed by atoms with E-state index < -0.39 is 0 Å². The normalized spacial score (nSPS) is 11.0. The molecule has 0 spiro atoms. The Labute approximate surface area is 112 Å². The maximum absolute atomic E-state index is 5.52. The molecule has 1 N–H and O–H groups in total. The number of hydrogen-bond acceptors (Lipinski definition) is 2. The van der Waals surface area contributed by atoms with E-state index in [0.717, 1.165) is 27.9 Å². The molecule has 0 unspecified atom stereocenters. The van der Waals surface area contributed by atoms with E-state index in [1.807, 2.05) is 13.0 Å². The van der Waals surface area contributed by atoms with E-state index in [1.165, 1.54) is 5.56 Å². The van der Waals surface area contributed by atoms with Crippen LogP contribution in [0.2, 0.25) is 0 Å². The first-order valence-electron chi connectivity index (χ1n) is 6.00. The standard InChI is InChI=1S/C14H18N2OS/c1-10(2)9-17-8-7-16-12-6-4-5-11(3)13(12)15-14(16)18/h4-6H,1,7-9H2,2-3H3,(H,15,18). The van der Waals surface area contributed by atoms with Crippen LogP contribution in [0.3, 0.4) is 0 Å². The van der Waals surface area contributed by atoms with Crippen LogP contribution in [0.15, 0.2) is 30.4 Å². The Balaban J connectivity index is 2.18. The second-order valence-electron chi connectivity index (χ2n) is 4.56. The summed E-state index contributed by atoms with van der Waals surface area (Å²) in [6.45, 7) is 9.85. The Morgan fingerprint density at radius 2 is 2.28 bits per heavy atom. The Kier molecular flexibility index (Phi) is 3.99. The largest absolute Gasteiger partial charge is 0.375 e. The molecule has 0 atom stereocenters. The molecule has 0 amide bonds. The molecule has 0 saturated carbocycles. The highest BCUT2D eigenvalue weighted by Gasteiger charge is 2.05. The third-order valence-corrected chi connectivity index (χ3v) is 3.15. The summed E-state index contributed by atoms with van der Waals surface area (Å²) in [6, 6.07) is 6.20. The van der Waals surface area contributed by atoms with Gasteiger partial charge in [-0.2, -0.15) is 0 Å². The summed E-state index contributed by atoms with van der Waals surface area (Å²) in [4.78, 5) is 3.25. The molecule has 2 rings (SSSR count). The monoisotopic (exact) mass is 262 g/mol. The van der Waals surface area contributed by atoms with Crippen molar-refractivity contribution in [1.82, 2.24) is 9.55 Å². The lowest BCUT2D eigenvalue weighted by Crippen LogP contribution is -2.07. The van der Waals surface area contributed by atoms with Crippen molar-refractivity contribution in [2.45, 2.75) is 20.4 Å². The number of imidazole rings is 1. The Bertz CT molecular complexity index is 624. The van der Waals surface area contributed by atoms with Crippen LogP contribution in [0, 0.1) is 11.7 Å². The summed E-state index contributed by atoms with van der Waals surface area (Å²) in [6.07, 6.45) is 0. The molecular weight excluding hydrogens is 244 g/mol. The molecular formula is C14H18N2OS. The number of para-hydroxylation sites is 1. The average Bonchev–Trinajstić information content (AvgIpc) is 2.63. The van der Waals surface area contributed by atoms with Gasteiger partial charge >= 0.3 is 0 Å². The number of aromatic nitrogens is 2. The van der Waals surface area contributed by atoms with Gasteiger partial charge in [0, 0.05) is 6.54 Å². The smallest absolute Gasteiger partial charge is 0.178 e. The highest BCUT2D eigenvalue weighted by molar-refractivity contribution is 7.71. The van der Waals surface area contributed by atoms with Gasteiger partial charge in [0.25, 0.3) is 0 Å². The van der Waals surface area contributed by atoms with E-state index in [9.17, 15) is 0 Å². The molecule has 1 aromatic heterocycles. The van der Waals surface area contributed by atoms with Crippen LogP contribution >= 0.6 is 12.2 Å². The minimum Gasteiger partial charge on any atom is -0.375 e. The second-order valence-corrected chi connectivity index (χ2v) is 4.95. The van der Waals surface area contributed by atoms with Crippen molar-refractivity contribution < 1.29 is 4.74 Å². The zero-order chi connectivity index (χ0) is 13.1. The van der Waals surface area contributed by atoms with E-state index in [4.69, 9.17) is 17.0 Å². The van der Waals surface area contributed by atoms with Crippen molar-refractivity contribution in [3.05, 3.63) is 40.7 Å². The number of aromatic amines is 1. The molecule has 0 aliphatic carbocycles. The highest BCUT2D eigenvalue weighted by atomic mass is 32.1. The van der Waals surface area contributed by atoms with Crippen molar-refractivity contribution in [3.8, 4) is 0 Å². The van der Waals surface area contributed by atoms with E-state index in [1.54, 1.807) is 0 Å². The van der Waals surface area contributed by atoms with Gasteiger partial charge in [-0.05, 0) is 37.7 Å². The fraction of sp³-hybridized carbons (Fsp3) is 0.357. The number of hydrogen-bond donors (Lipinski definition) is 1. The average molecular weight is 262 g/mol. The number of H-pyrrole nitrogens is 1. The van der Waals surface area contributed by atoms with E-state index in [2.05, 4.69) is 35.2 Å². The topological polar surface area (TPSA) is 29.9 Å². The van der Waals surface area contributed by atoms with Gasteiger partial charge in [-0.1, -0.05) is 24.3 Å². The molecule has 1 aromatic carbocycles. The minimum atomic E-state index is 0.606. The maximum Gasteiger partial charge on any atom is 0.178 e. The number of fused-ring (bicyclic) bond motifs is 1. The number of benzene rings is 1. The molecule has 1 heterocycles. The van der Waals surface area contributed by atoms with Gasteiger partial charge in [0.05, 0.1) is 24.2 Å². The Morgan fingerprint density at radius 3 is 3.00 bits per heavy atom. The first-order valence-corrected chi connectivity index (χ1v) is 6.40. The maximum atomic E-state index is 5.52. The van der Waals surface area contributed by atoms with Gasteiger partial charge < -0.3 is 14.3 Å². The molecule has 0 radical (unpaired) electrons. The van der Waals surface area contributed by atoms with Crippen LogP contribution in [0.25, 0.3) is 11.0 Å². The molecule has 0 bridgehead atoms. The molecule has 18 heavy (non-hydrogen) atoms. The molecule has 4 heteroatoms. The van der Waals surface area contributed by atoms with Crippen molar-refractivity contribution in [2.75, 3.05) is 13.2 Å². The molecule has 3 nitrogen and oxygen atoms in total. The lowest BCUT2D eigenvalue weighted by atomic mass is 10.2. The second kappa shape index (κ2) is 5.50. The van der Waals surface area contributed by atoms with Gasteiger partial charge in [0.1, 0.15) is 0 Å². The van der Waals surface area contributed by atoms with Crippen LogP contribution in [0.1, 0.15) is 12.5 Å². The zero-order valence-electron chi connectivity index (χ0n) is 10.8. The first-order chi connectivity index (χ1) is 8.59. The molecule has 96 valence electrons. The van der Waals surface area contributed by atoms with Gasteiger partial charge in [0.2, 0.25) is 0 Å². The fourth-order valence-corrected chi connectivity index (χ4v) is 2.24. The molecule has 0 fully saturated rings. The first kappa shape index (κ1) is 13.1. The third-order valence-electron chi connectivity index (χ3n) is 2.83. The van der Waals surface area contributed by atoms with Crippen molar-refractivity contribution in [3.63, 3.8) is 0 Å². The van der Waals surface area contributed by atoms with Gasteiger partial charge in [0.15, 0.2) is 4.77 Å². The van der Waals surface area contributed by atoms with Gasteiger partial charge in [-0.15, -0.1) is 0 Å². The van der Waals surface area contributed by atoms with Gasteiger partial charge in [-0.3, -0.25) is 0 Å². The summed E-state index contributed by atoms with van der Waals surface area (Å²) in [5.41, 5.74) is 4.50. The van der Waals surface area contributed by atoms with Crippen LogP contribution in [-0.4, -0.2) is 22.8 Å². The summed E-state index contributed by atoms with van der Waals surface area (Å²) >= 11 is 5.35. The third kappa shape index (κ3) is 2.71. The highest BCUT2D eigenvalue weighted by Crippen LogP contribution is 2.17. The fourth-order valence-electron chi connectivity index (χ4n) is 1.95. The van der Waals surface area contributed by atoms with Crippen LogP contribution < -0.4 is 0 Å². The van der Waals surface area contributed by atoms with Crippen LogP contribution in [0.5, 0.6) is 0 Å². The SMILES string of the molecule is C=C(C)COCCn1c(=S)[nH]c2c(C)cccc21. The summed E-state index contributed by atoms with van der Waals surface area (Å²) in [5, 5.41) is 0. The molecule has 0 aliphatic rings. The lowest BCUT2D eigenvalue weighted by molar-refractivity contribution is 0.148.